The Morgan fingerprint density at radius 1 is 1.05 bits per heavy atom. The minimum Gasteiger partial charge on any atom is -0.508 e. The molecule has 0 amide bonds. The van der Waals surface area contributed by atoms with E-state index in [1.165, 1.54) is 0 Å². The number of benzene rings is 2. The van der Waals surface area contributed by atoms with Crippen LogP contribution in [0.25, 0.3) is 0 Å². The molecule has 20 heavy (non-hydrogen) atoms. The standard InChI is InChI=1S/C16H16O4/c1-19-11-20-15-8-4-13(5-9-15)16(18)10-12-2-6-14(17)7-3-12/h2-9,17H,10-11H2,1H3. The SMILES string of the molecule is COCOc1ccc(C(=O)Cc2ccc(O)cc2)cc1. The lowest BCUT2D eigenvalue weighted by atomic mass is 10.0. The molecule has 0 saturated carbocycles. The van der Waals surface area contributed by atoms with E-state index in [9.17, 15) is 9.90 Å². The van der Waals surface area contributed by atoms with E-state index in [-0.39, 0.29) is 18.3 Å². The summed E-state index contributed by atoms with van der Waals surface area (Å²) in [4.78, 5) is 12.1. The van der Waals surface area contributed by atoms with Gasteiger partial charge in [-0.25, -0.2) is 0 Å². The molecule has 0 bridgehead atoms. The van der Waals surface area contributed by atoms with Crippen molar-refractivity contribution in [1.29, 1.82) is 0 Å². The summed E-state index contributed by atoms with van der Waals surface area (Å²) in [6.07, 6.45) is 0.304. The van der Waals surface area contributed by atoms with Crippen molar-refractivity contribution in [1.82, 2.24) is 0 Å². The summed E-state index contributed by atoms with van der Waals surface area (Å²) in [5.74, 6) is 0.878. The van der Waals surface area contributed by atoms with Crippen molar-refractivity contribution in [2.45, 2.75) is 6.42 Å². The van der Waals surface area contributed by atoms with Crippen LogP contribution in [-0.2, 0) is 11.2 Å². The van der Waals surface area contributed by atoms with Crippen LogP contribution >= 0.6 is 0 Å². The van der Waals surface area contributed by atoms with Crippen molar-refractivity contribution in [3.8, 4) is 11.5 Å². The number of methoxy groups -OCH3 is 1. The van der Waals surface area contributed by atoms with Crippen LogP contribution in [0, 0.1) is 0 Å². The Morgan fingerprint density at radius 2 is 1.70 bits per heavy atom. The van der Waals surface area contributed by atoms with Gasteiger partial charge in [-0.05, 0) is 42.0 Å². The molecule has 0 fully saturated rings. The lowest BCUT2D eigenvalue weighted by Gasteiger charge is -2.06. The minimum absolute atomic E-state index is 0.0222. The van der Waals surface area contributed by atoms with E-state index in [2.05, 4.69) is 0 Å². The number of rotatable bonds is 6. The van der Waals surface area contributed by atoms with Crippen LogP contribution < -0.4 is 4.74 Å². The highest BCUT2D eigenvalue weighted by atomic mass is 16.7. The zero-order valence-corrected chi connectivity index (χ0v) is 11.2. The summed E-state index contributed by atoms with van der Waals surface area (Å²) in [7, 11) is 1.55. The highest BCUT2D eigenvalue weighted by molar-refractivity contribution is 5.97. The Kier molecular flexibility index (Phi) is 4.74. The van der Waals surface area contributed by atoms with Crippen LogP contribution in [0.1, 0.15) is 15.9 Å². The summed E-state index contributed by atoms with van der Waals surface area (Å²) in [5.41, 5.74) is 1.50. The van der Waals surface area contributed by atoms with Crippen molar-refractivity contribution in [3.05, 3.63) is 59.7 Å². The Balaban J connectivity index is 2.00. The number of ketones is 1. The molecule has 0 unspecified atom stereocenters. The van der Waals surface area contributed by atoms with Crippen molar-refractivity contribution in [3.63, 3.8) is 0 Å². The molecule has 0 aliphatic carbocycles. The molecule has 2 aromatic carbocycles. The van der Waals surface area contributed by atoms with E-state index >= 15 is 0 Å². The highest BCUT2D eigenvalue weighted by Gasteiger charge is 2.07. The normalized spacial score (nSPS) is 10.2. The lowest BCUT2D eigenvalue weighted by molar-refractivity contribution is 0.0511. The topological polar surface area (TPSA) is 55.8 Å². The van der Waals surface area contributed by atoms with Crippen molar-refractivity contribution >= 4 is 5.78 Å². The second-order valence-electron chi connectivity index (χ2n) is 4.34. The third-order valence-corrected chi connectivity index (χ3v) is 2.82. The van der Waals surface area contributed by atoms with Gasteiger partial charge in [-0.15, -0.1) is 0 Å². The number of hydrogen-bond acceptors (Lipinski definition) is 4. The number of carbonyl (C=O) groups is 1. The summed E-state index contributed by atoms with van der Waals surface area (Å²) in [6.45, 7) is 0.181. The molecule has 0 spiro atoms. The van der Waals surface area contributed by atoms with E-state index in [0.717, 1.165) is 5.56 Å². The molecule has 0 radical (unpaired) electrons. The molecule has 2 aromatic rings. The second-order valence-corrected chi connectivity index (χ2v) is 4.34. The third kappa shape index (κ3) is 3.83. The second kappa shape index (κ2) is 6.73. The fourth-order valence-corrected chi connectivity index (χ4v) is 1.77. The fourth-order valence-electron chi connectivity index (χ4n) is 1.77. The van der Waals surface area contributed by atoms with Crippen LogP contribution in [0.3, 0.4) is 0 Å². The van der Waals surface area contributed by atoms with Gasteiger partial charge < -0.3 is 14.6 Å². The van der Waals surface area contributed by atoms with Gasteiger partial charge in [0.1, 0.15) is 11.5 Å². The summed E-state index contributed by atoms with van der Waals surface area (Å²) >= 11 is 0. The number of ether oxygens (including phenoxy) is 2. The molecule has 0 heterocycles. The van der Waals surface area contributed by atoms with E-state index in [1.54, 1.807) is 55.6 Å². The number of phenolic OH excluding ortho intramolecular Hbond substituents is 1. The molecule has 2 rings (SSSR count). The van der Waals surface area contributed by atoms with Crippen LogP contribution in [-0.4, -0.2) is 24.8 Å². The first kappa shape index (κ1) is 14.1. The van der Waals surface area contributed by atoms with Crippen LogP contribution in [0.5, 0.6) is 11.5 Å². The van der Waals surface area contributed by atoms with Gasteiger partial charge in [0.2, 0.25) is 0 Å². The maximum atomic E-state index is 12.1. The molecule has 1 N–H and O–H groups in total. The Bertz CT molecular complexity index is 558. The molecule has 4 heteroatoms. The zero-order valence-electron chi connectivity index (χ0n) is 11.2. The van der Waals surface area contributed by atoms with E-state index < -0.39 is 0 Å². The first-order valence-electron chi connectivity index (χ1n) is 6.22. The number of Topliss-reactive ketones (excluding diaryl/α,β-unsaturated/α-hetero) is 1. The Morgan fingerprint density at radius 3 is 2.30 bits per heavy atom. The van der Waals surface area contributed by atoms with Gasteiger partial charge in [-0.1, -0.05) is 12.1 Å². The number of hydrogen-bond donors (Lipinski definition) is 1. The van der Waals surface area contributed by atoms with Gasteiger partial charge in [0, 0.05) is 19.1 Å². The smallest absolute Gasteiger partial charge is 0.188 e. The molecule has 0 aliphatic rings. The number of phenols is 1. The predicted octanol–water partition coefficient (Wildman–Crippen LogP) is 2.80. The molecule has 0 saturated heterocycles. The van der Waals surface area contributed by atoms with Crippen molar-refractivity contribution < 1.29 is 19.4 Å². The summed E-state index contributed by atoms with van der Waals surface area (Å²) in [6, 6.07) is 13.6. The number of carbonyl (C=O) groups excluding carboxylic acids is 1. The largest absolute Gasteiger partial charge is 0.508 e. The number of aromatic hydroxyl groups is 1. The molecule has 0 aliphatic heterocycles. The highest BCUT2D eigenvalue weighted by Crippen LogP contribution is 2.15. The van der Waals surface area contributed by atoms with E-state index in [0.29, 0.717) is 17.7 Å². The van der Waals surface area contributed by atoms with Crippen LogP contribution in [0.15, 0.2) is 48.5 Å². The van der Waals surface area contributed by atoms with Crippen molar-refractivity contribution in [2.75, 3.05) is 13.9 Å². The molecule has 0 aromatic heterocycles. The zero-order chi connectivity index (χ0) is 14.4. The molecular weight excluding hydrogens is 256 g/mol. The molecular formula is C16H16O4. The predicted molar refractivity (Wildman–Crippen MR) is 75.1 cm³/mol. The Hall–Kier alpha value is -2.33. The van der Waals surface area contributed by atoms with Gasteiger partial charge >= 0.3 is 0 Å². The summed E-state index contributed by atoms with van der Waals surface area (Å²) < 4.78 is 10.1. The monoisotopic (exact) mass is 272 g/mol. The molecule has 4 nitrogen and oxygen atoms in total. The molecule has 0 atom stereocenters. The first-order valence-corrected chi connectivity index (χ1v) is 6.22. The average Bonchev–Trinajstić information content (AvgIpc) is 2.48. The van der Waals surface area contributed by atoms with Crippen molar-refractivity contribution in [2.24, 2.45) is 0 Å². The molecule has 104 valence electrons. The maximum Gasteiger partial charge on any atom is 0.188 e. The van der Waals surface area contributed by atoms with E-state index in [4.69, 9.17) is 9.47 Å². The maximum absolute atomic E-state index is 12.1. The van der Waals surface area contributed by atoms with Gasteiger partial charge in [-0.3, -0.25) is 4.79 Å². The van der Waals surface area contributed by atoms with Gasteiger partial charge in [0.05, 0.1) is 0 Å². The fraction of sp³-hybridized carbons (Fsp3) is 0.188. The summed E-state index contributed by atoms with van der Waals surface area (Å²) in [5, 5.41) is 9.20. The minimum atomic E-state index is 0.0222. The average molecular weight is 272 g/mol. The van der Waals surface area contributed by atoms with Gasteiger partial charge in [-0.2, -0.15) is 0 Å². The lowest BCUT2D eigenvalue weighted by Crippen LogP contribution is -2.04. The van der Waals surface area contributed by atoms with Crippen LogP contribution in [0.2, 0.25) is 0 Å². The quantitative estimate of drug-likeness (QED) is 0.649. The van der Waals surface area contributed by atoms with E-state index in [1.807, 2.05) is 0 Å². The van der Waals surface area contributed by atoms with Gasteiger partial charge in [0.15, 0.2) is 12.6 Å². The third-order valence-electron chi connectivity index (χ3n) is 2.82. The Labute approximate surface area is 117 Å². The first-order chi connectivity index (χ1) is 9.69. The van der Waals surface area contributed by atoms with Gasteiger partial charge in [0.25, 0.3) is 0 Å². The van der Waals surface area contributed by atoms with Crippen LogP contribution in [0.4, 0.5) is 0 Å².